The molecule has 1 aromatic rings. The van der Waals surface area contributed by atoms with Gasteiger partial charge in [0.2, 0.25) is 0 Å². The molecule has 1 fully saturated rings. The molecule has 2 atom stereocenters. The SMILES string of the molecule is CC1CC1CNc1ccncc1Br. The summed E-state index contributed by atoms with van der Waals surface area (Å²) in [5.74, 6) is 1.79. The Labute approximate surface area is 86.9 Å². The minimum atomic E-state index is 0.875. The number of rotatable bonds is 3. The van der Waals surface area contributed by atoms with E-state index in [-0.39, 0.29) is 0 Å². The highest BCUT2D eigenvalue weighted by Gasteiger charge is 2.31. The van der Waals surface area contributed by atoms with Gasteiger partial charge in [-0.2, -0.15) is 0 Å². The second kappa shape index (κ2) is 3.66. The molecule has 0 radical (unpaired) electrons. The fourth-order valence-electron chi connectivity index (χ4n) is 1.44. The molecule has 0 spiro atoms. The Morgan fingerprint density at radius 3 is 3.08 bits per heavy atom. The molecule has 1 aliphatic rings. The van der Waals surface area contributed by atoms with Gasteiger partial charge in [-0.05, 0) is 40.3 Å². The average Bonchev–Trinajstić information content (AvgIpc) is 2.81. The summed E-state index contributed by atoms with van der Waals surface area (Å²) in [6.45, 7) is 3.39. The third-order valence-electron chi connectivity index (χ3n) is 2.60. The zero-order valence-electron chi connectivity index (χ0n) is 7.63. The van der Waals surface area contributed by atoms with Crippen LogP contribution in [0.25, 0.3) is 0 Å². The van der Waals surface area contributed by atoms with Crippen LogP contribution < -0.4 is 5.32 Å². The summed E-state index contributed by atoms with van der Waals surface area (Å²) >= 11 is 3.46. The van der Waals surface area contributed by atoms with Crippen LogP contribution in [0.4, 0.5) is 5.69 Å². The Balaban J connectivity index is 1.90. The van der Waals surface area contributed by atoms with Crippen molar-refractivity contribution < 1.29 is 0 Å². The van der Waals surface area contributed by atoms with E-state index in [0.29, 0.717) is 0 Å². The molecule has 0 amide bonds. The van der Waals surface area contributed by atoms with Crippen LogP contribution in [0, 0.1) is 11.8 Å². The van der Waals surface area contributed by atoms with E-state index in [1.54, 1.807) is 0 Å². The van der Waals surface area contributed by atoms with E-state index in [1.165, 1.54) is 6.42 Å². The number of anilines is 1. The van der Waals surface area contributed by atoms with Gasteiger partial charge in [0.05, 0.1) is 10.2 Å². The molecule has 1 aliphatic carbocycles. The Kier molecular flexibility index (Phi) is 2.54. The van der Waals surface area contributed by atoms with Crippen molar-refractivity contribution in [2.75, 3.05) is 11.9 Å². The van der Waals surface area contributed by atoms with Crippen LogP contribution in [0.3, 0.4) is 0 Å². The molecule has 2 rings (SSSR count). The lowest BCUT2D eigenvalue weighted by Crippen LogP contribution is -2.04. The third-order valence-corrected chi connectivity index (χ3v) is 3.24. The van der Waals surface area contributed by atoms with Gasteiger partial charge in [0.15, 0.2) is 0 Å². The van der Waals surface area contributed by atoms with Crippen molar-refractivity contribution >= 4 is 21.6 Å². The largest absolute Gasteiger partial charge is 0.384 e. The van der Waals surface area contributed by atoms with Gasteiger partial charge >= 0.3 is 0 Å². The Bertz CT molecular complexity index is 301. The normalized spacial score (nSPS) is 25.7. The quantitative estimate of drug-likeness (QED) is 0.880. The predicted molar refractivity (Wildman–Crippen MR) is 57.7 cm³/mol. The van der Waals surface area contributed by atoms with Crippen molar-refractivity contribution in [3.8, 4) is 0 Å². The first-order valence-electron chi connectivity index (χ1n) is 4.61. The maximum absolute atomic E-state index is 4.02. The number of nitrogens with one attached hydrogen (secondary N) is 1. The highest BCUT2D eigenvalue weighted by Crippen LogP contribution is 2.37. The summed E-state index contributed by atoms with van der Waals surface area (Å²) in [5.41, 5.74) is 1.15. The van der Waals surface area contributed by atoms with Gasteiger partial charge in [0.1, 0.15) is 0 Å². The number of hydrogen-bond donors (Lipinski definition) is 1. The van der Waals surface area contributed by atoms with Crippen molar-refractivity contribution in [3.63, 3.8) is 0 Å². The molecule has 0 saturated heterocycles. The van der Waals surface area contributed by atoms with E-state index in [0.717, 1.165) is 28.5 Å². The molecule has 1 N–H and O–H groups in total. The lowest BCUT2D eigenvalue weighted by molar-refractivity contribution is 0.786. The fourth-order valence-corrected chi connectivity index (χ4v) is 1.83. The average molecular weight is 241 g/mol. The van der Waals surface area contributed by atoms with Gasteiger partial charge in [-0.3, -0.25) is 4.98 Å². The lowest BCUT2D eigenvalue weighted by atomic mass is 10.3. The van der Waals surface area contributed by atoms with Crippen LogP contribution >= 0.6 is 15.9 Å². The minimum absolute atomic E-state index is 0.875. The summed E-state index contributed by atoms with van der Waals surface area (Å²) in [4.78, 5) is 4.02. The van der Waals surface area contributed by atoms with E-state index in [9.17, 15) is 0 Å². The van der Waals surface area contributed by atoms with Crippen LogP contribution in [-0.2, 0) is 0 Å². The monoisotopic (exact) mass is 240 g/mol. The summed E-state index contributed by atoms with van der Waals surface area (Å²) in [6, 6.07) is 2.00. The molecular formula is C10H13BrN2. The van der Waals surface area contributed by atoms with E-state index in [1.807, 2.05) is 18.5 Å². The first kappa shape index (κ1) is 9.00. The number of pyridine rings is 1. The van der Waals surface area contributed by atoms with Crippen molar-refractivity contribution in [2.24, 2.45) is 11.8 Å². The fraction of sp³-hybridized carbons (Fsp3) is 0.500. The van der Waals surface area contributed by atoms with Crippen LogP contribution in [0.2, 0.25) is 0 Å². The molecule has 13 heavy (non-hydrogen) atoms. The predicted octanol–water partition coefficient (Wildman–Crippen LogP) is 2.91. The van der Waals surface area contributed by atoms with Gasteiger partial charge in [-0.1, -0.05) is 6.92 Å². The summed E-state index contributed by atoms with van der Waals surface area (Å²) < 4.78 is 1.04. The maximum atomic E-state index is 4.02. The molecule has 3 heteroatoms. The van der Waals surface area contributed by atoms with Crippen molar-refractivity contribution in [1.29, 1.82) is 0 Å². The Morgan fingerprint density at radius 2 is 2.46 bits per heavy atom. The van der Waals surface area contributed by atoms with Crippen LogP contribution in [0.15, 0.2) is 22.9 Å². The van der Waals surface area contributed by atoms with Gasteiger partial charge < -0.3 is 5.32 Å². The molecule has 1 saturated carbocycles. The molecule has 0 aliphatic heterocycles. The third kappa shape index (κ3) is 2.21. The molecular weight excluding hydrogens is 228 g/mol. The van der Waals surface area contributed by atoms with E-state index in [4.69, 9.17) is 0 Å². The topological polar surface area (TPSA) is 24.9 Å². The van der Waals surface area contributed by atoms with Crippen molar-refractivity contribution in [2.45, 2.75) is 13.3 Å². The van der Waals surface area contributed by atoms with E-state index < -0.39 is 0 Å². The molecule has 1 heterocycles. The number of nitrogens with zero attached hydrogens (tertiary/aromatic N) is 1. The highest BCUT2D eigenvalue weighted by atomic mass is 79.9. The number of halogens is 1. The van der Waals surface area contributed by atoms with Crippen LogP contribution in [-0.4, -0.2) is 11.5 Å². The second-order valence-electron chi connectivity index (χ2n) is 3.71. The van der Waals surface area contributed by atoms with Gasteiger partial charge in [0.25, 0.3) is 0 Å². The summed E-state index contributed by atoms with van der Waals surface area (Å²) in [5, 5.41) is 3.42. The first-order chi connectivity index (χ1) is 6.27. The smallest absolute Gasteiger partial charge is 0.0590 e. The molecule has 2 unspecified atom stereocenters. The van der Waals surface area contributed by atoms with Crippen molar-refractivity contribution in [3.05, 3.63) is 22.9 Å². The zero-order chi connectivity index (χ0) is 9.26. The first-order valence-corrected chi connectivity index (χ1v) is 5.40. The summed E-state index contributed by atoms with van der Waals surface area (Å²) in [7, 11) is 0. The van der Waals surface area contributed by atoms with Crippen LogP contribution in [0.5, 0.6) is 0 Å². The summed E-state index contributed by atoms with van der Waals surface area (Å²) in [6.07, 6.45) is 5.00. The number of aromatic nitrogens is 1. The number of hydrogen-bond acceptors (Lipinski definition) is 2. The second-order valence-corrected chi connectivity index (χ2v) is 4.56. The van der Waals surface area contributed by atoms with Crippen molar-refractivity contribution in [1.82, 2.24) is 4.98 Å². The van der Waals surface area contributed by atoms with Gasteiger partial charge in [-0.25, -0.2) is 0 Å². The van der Waals surface area contributed by atoms with Crippen LogP contribution in [0.1, 0.15) is 13.3 Å². The molecule has 0 aromatic carbocycles. The molecule has 2 nitrogen and oxygen atoms in total. The van der Waals surface area contributed by atoms with E-state index >= 15 is 0 Å². The maximum Gasteiger partial charge on any atom is 0.0590 e. The molecule has 1 aromatic heterocycles. The molecule has 0 bridgehead atoms. The molecule has 70 valence electrons. The van der Waals surface area contributed by atoms with Gasteiger partial charge in [0, 0.05) is 18.9 Å². The Morgan fingerprint density at radius 1 is 1.69 bits per heavy atom. The Hall–Kier alpha value is -0.570. The lowest BCUT2D eigenvalue weighted by Gasteiger charge is -2.06. The zero-order valence-corrected chi connectivity index (χ0v) is 9.21. The minimum Gasteiger partial charge on any atom is -0.384 e. The van der Waals surface area contributed by atoms with E-state index in [2.05, 4.69) is 33.2 Å². The van der Waals surface area contributed by atoms with Gasteiger partial charge in [-0.15, -0.1) is 0 Å². The highest BCUT2D eigenvalue weighted by molar-refractivity contribution is 9.10. The standard InChI is InChI=1S/C10H13BrN2/c1-7-4-8(7)5-13-10-2-3-12-6-9(10)11/h2-3,6-8H,4-5H2,1H3,(H,12,13).